The van der Waals surface area contributed by atoms with Gasteiger partial charge in [0.15, 0.2) is 5.82 Å². The third-order valence-corrected chi connectivity index (χ3v) is 11.4. The highest BCUT2D eigenvalue weighted by atomic mass is 35.5. The van der Waals surface area contributed by atoms with Gasteiger partial charge < -0.3 is 14.5 Å². The normalized spacial score (nSPS) is 24.2. The number of pyridine rings is 1. The molecule has 6 heterocycles. The van der Waals surface area contributed by atoms with Crippen LogP contribution in [0.15, 0.2) is 48.7 Å². The molecule has 4 aliphatic rings. The third kappa shape index (κ3) is 5.84. The molecule has 0 spiro atoms. The first-order valence-corrected chi connectivity index (χ1v) is 17.6. The van der Waals surface area contributed by atoms with E-state index >= 15 is 4.39 Å². The summed E-state index contributed by atoms with van der Waals surface area (Å²) >= 11 is 6.41. The number of carbonyl (C=O) groups excluding carboxylic acids is 1. The predicted octanol–water partition coefficient (Wildman–Crippen LogP) is 5.89. The standard InChI is InChI=1S/C37H39ClF3N7O2/c1-45-14-11-25(45)8-10-29(49)47-18-22(19-47)17-46(2)35-27-16-42-33(26-6-3-5-23-7-9-28(40)31(38)30(23)26)32(41)34(27)43-36(44-35)50-21-37-12-4-13-48(37)20-24(39)15-37/h3,5-10,16,22,24-25H,4,11-15,17-21H2,1-2H3/b10-8+/t24-,25-,37+/m1/s1. The average Bonchev–Trinajstić information content (AvgIpc) is 3.61. The molecule has 0 aliphatic carbocycles. The number of halogens is 4. The van der Waals surface area contributed by atoms with E-state index in [9.17, 15) is 13.6 Å². The Bertz CT molecular complexity index is 2010. The van der Waals surface area contributed by atoms with Crippen LogP contribution in [0, 0.1) is 17.6 Å². The molecule has 4 aromatic rings. The number of rotatable bonds is 9. The fraction of sp³-hybridized carbons (Fsp3) is 0.459. The van der Waals surface area contributed by atoms with Crippen molar-refractivity contribution in [3.63, 3.8) is 0 Å². The van der Waals surface area contributed by atoms with Crippen LogP contribution in [0.1, 0.15) is 25.7 Å². The van der Waals surface area contributed by atoms with Crippen LogP contribution in [0.3, 0.4) is 0 Å². The zero-order valence-corrected chi connectivity index (χ0v) is 28.8. The first kappa shape index (κ1) is 33.2. The summed E-state index contributed by atoms with van der Waals surface area (Å²) < 4.78 is 52.1. The predicted molar refractivity (Wildman–Crippen MR) is 187 cm³/mol. The second-order valence-corrected chi connectivity index (χ2v) is 14.7. The Morgan fingerprint density at radius 3 is 2.78 bits per heavy atom. The van der Waals surface area contributed by atoms with Gasteiger partial charge >= 0.3 is 6.01 Å². The van der Waals surface area contributed by atoms with E-state index in [1.165, 1.54) is 12.3 Å². The van der Waals surface area contributed by atoms with Crippen molar-refractivity contribution in [3.8, 4) is 17.3 Å². The van der Waals surface area contributed by atoms with Gasteiger partial charge in [-0.3, -0.25) is 19.6 Å². The van der Waals surface area contributed by atoms with Crippen molar-refractivity contribution in [1.82, 2.24) is 29.7 Å². The van der Waals surface area contributed by atoms with E-state index in [4.69, 9.17) is 21.3 Å². The van der Waals surface area contributed by atoms with Crippen LogP contribution in [-0.4, -0.2) is 113 Å². The number of benzene rings is 2. The highest BCUT2D eigenvalue weighted by Crippen LogP contribution is 2.41. The highest BCUT2D eigenvalue weighted by Gasteiger charge is 2.49. The van der Waals surface area contributed by atoms with Gasteiger partial charge in [0, 0.05) is 81.4 Å². The van der Waals surface area contributed by atoms with E-state index in [-0.39, 0.29) is 40.7 Å². The van der Waals surface area contributed by atoms with Crippen molar-refractivity contribution < 1.29 is 22.7 Å². The van der Waals surface area contributed by atoms with E-state index < -0.39 is 23.3 Å². The highest BCUT2D eigenvalue weighted by molar-refractivity contribution is 6.36. The van der Waals surface area contributed by atoms with Gasteiger partial charge in [0.2, 0.25) is 5.91 Å². The molecule has 2 aromatic heterocycles. The smallest absolute Gasteiger partial charge is 0.319 e. The lowest BCUT2D eigenvalue weighted by Crippen LogP contribution is -2.53. The van der Waals surface area contributed by atoms with Crippen molar-refractivity contribution >= 4 is 45.0 Å². The van der Waals surface area contributed by atoms with Crippen molar-refractivity contribution in [3.05, 3.63) is 65.3 Å². The number of likely N-dealkylation sites (tertiary alicyclic amines) is 2. The van der Waals surface area contributed by atoms with Crippen molar-refractivity contribution in [1.29, 1.82) is 0 Å². The SMILES string of the molecule is CN(CC1CN(C(=O)/C=C/[C@@H]2CCN2C)C1)c1nc(OC[C@@]23CCCN2C[C@H](F)C3)nc2c(F)c(-c3cccc4ccc(F)c(Cl)c34)ncc12. The van der Waals surface area contributed by atoms with E-state index in [1.54, 1.807) is 30.3 Å². The number of fused-ring (bicyclic) bond motifs is 3. The largest absolute Gasteiger partial charge is 0.461 e. The maximum atomic E-state index is 16.7. The number of likely N-dealkylation sites (N-methyl/N-ethyl adjacent to an activating group) is 1. The van der Waals surface area contributed by atoms with E-state index in [2.05, 4.69) is 19.8 Å². The van der Waals surface area contributed by atoms with Crippen LogP contribution in [0.5, 0.6) is 6.01 Å². The molecule has 262 valence electrons. The Hall–Kier alpha value is -4.00. The molecule has 13 heteroatoms. The lowest BCUT2D eigenvalue weighted by molar-refractivity contribution is -0.131. The second-order valence-electron chi connectivity index (χ2n) is 14.3. The molecule has 50 heavy (non-hydrogen) atoms. The molecule has 3 atom stereocenters. The fourth-order valence-electron chi connectivity index (χ4n) is 8.14. The van der Waals surface area contributed by atoms with Crippen LogP contribution in [0.4, 0.5) is 19.0 Å². The molecule has 0 radical (unpaired) electrons. The number of hydrogen-bond acceptors (Lipinski definition) is 8. The minimum Gasteiger partial charge on any atom is -0.461 e. The van der Waals surface area contributed by atoms with Crippen LogP contribution in [0.25, 0.3) is 32.9 Å². The molecule has 8 rings (SSSR count). The maximum Gasteiger partial charge on any atom is 0.319 e. The summed E-state index contributed by atoms with van der Waals surface area (Å²) in [6.45, 7) is 4.15. The van der Waals surface area contributed by atoms with Crippen LogP contribution >= 0.6 is 11.6 Å². The summed E-state index contributed by atoms with van der Waals surface area (Å²) in [5.74, 6) is -0.725. The third-order valence-electron chi connectivity index (χ3n) is 11.0. The van der Waals surface area contributed by atoms with Crippen LogP contribution in [0.2, 0.25) is 5.02 Å². The first-order valence-electron chi connectivity index (χ1n) is 17.2. The molecular weight excluding hydrogens is 667 g/mol. The molecule has 2 aromatic carbocycles. The second kappa shape index (κ2) is 13.0. The monoisotopic (exact) mass is 705 g/mol. The molecule has 9 nitrogen and oxygen atoms in total. The molecule has 0 N–H and O–H groups in total. The molecule has 4 aliphatic heterocycles. The topological polar surface area (TPSA) is 77.9 Å². The number of aromatic nitrogens is 3. The molecule has 4 fully saturated rings. The molecule has 0 saturated carbocycles. The van der Waals surface area contributed by atoms with Gasteiger partial charge in [-0.2, -0.15) is 9.97 Å². The summed E-state index contributed by atoms with van der Waals surface area (Å²) in [7, 11) is 3.91. The van der Waals surface area contributed by atoms with Crippen molar-refractivity contribution in [2.75, 3.05) is 64.9 Å². The number of anilines is 1. The van der Waals surface area contributed by atoms with Gasteiger partial charge in [0.25, 0.3) is 0 Å². The molecule has 4 saturated heterocycles. The van der Waals surface area contributed by atoms with Gasteiger partial charge in [0.1, 0.15) is 35.6 Å². The number of hydrogen-bond donors (Lipinski definition) is 0. The first-order chi connectivity index (χ1) is 24.1. The van der Waals surface area contributed by atoms with Gasteiger partial charge in [-0.25, -0.2) is 13.2 Å². The van der Waals surface area contributed by atoms with Gasteiger partial charge in [-0.1, -0.05) is 41.9 Å². The van der Waals surface area contributed by atoms with E-state index in [0.717, 1.165) is 32.4 Å². The Morgan fingerprint density at radius 2 is 2.00 bits per heavy atom. The quantitative estimate of drug-likeness (QED) is 0.200. The van der Waals surface area contributed by atoms with Gasteiger partial charge in [-0.05, 0) is 44.3 Å². The summed E-state index contributed by atoms with van der Waals surface area (Å²) in [5.41, 5.74) is -0.141. The summed E-state index contributed by atoms with van der Waals surface area (Å²) in [5, 5.41) is 1.26. The Morgan fingerprint density at radius 1 is 1.16 bits per heavy atom. The zero-order valence-electron chi connectivity index (χ0n) is 28.1. The number of amides is 1. The number of alkyl halides is 1. The van der Waals surface area contributed by atoms with E-state index in [1.807, 2.05) is 30.0 Å². The van der Waals surface area contributed by atoms with E-state index in [0.29, 0.717) is 66.2 Å². The maximum absolute atomic E-state index is 16.7. The lowest BCUT2D eigenvalue weighted by atomic mass is 9.95. The fourth-order valence-corrected chi connectivity index (χ4v) is 8.41. The minimum absolute atomic E-state index is 0.00143. The van der Waals surface area contributed by atoms with Gasteiger partial charge in [0.05, 0.1) is 15.9 Å². The number of nitrogens with zero attached hydrogens (tertiary/aromatic N) is 7. The molecule has 0 bridgehead atoms. The Kier molecular flexibility index (Phi) is 8.59. The van der Waals surface area contributed by atoms with Gasteiger partial charge in [-0.15, -0.1) is 0 Å². The molecule has 0 unspecified atom stereocenters. The van der Waals surface area contributed by atoms with Crippen molar-refractivity contribution in [2.24, 2.45) is 5.92 Å². The van der Waals surface area contributed by atoms with Crippen LogP contribution < -0.4 is 9.64 Å². The molecular formula is C37H39ClF3N7O2. The lowest BCUT2D eigenvalue weighted by Gasteiger charge is -2.41. The zero-order chi connectivity index (χ0) is 34.7. The summed E-state index contributed by atoms with van der Waals surface area (Å²) in [6, 6.07) is 8.35. The Labute approximate surface area is 293 Å². The summed E-state index contributed by atoms with van der Waals surface area (Å²) in [6.07, 6.45) is 7.44. The van der Waals surface area contributed by atoms with Crippen LogP contribution in [-0.2, 0) is 4.79 Å². The number of ether oxygens (including phenoxy) is 1. The number of carbonyl (C=O) groups is 1. The van der Waals surface area contributed by atoms with Crippen molar-refractivity contribution in [2.45, 2.75) is 43.4 Å². The average molecular weight is 706 g/mol. The summed E-state index contributed by atoms with van der Waals surface area (Å²) in [4.78, 5) is 34.7. The minimum atomic E-state index is -0.925. The molecule has 1 amide bonds. The Balaban J connectivity index is 1.10.